The zero-order valence-corrected chi connectivity index (χ0v) is 9.69. The van der Waals surface area contributed by atoms with E-state index in [1.807, 2.05) is 0 Å². The van der Waals surface area contributed by atoms with E-state index in [1.54, 1.807) is 6.07 Å². The topological polar surface area (TPSA) is 12.0 Å². The summed E-state index contributed by atoms with van der Waals surface area (Å²) in [7, 11) is 0. The highest BCUT2D eigenvalue weighted by molar-refractivity contribution is 5.21. The van der Waals surface area contributed by atoms with Crippen LogP contribution in [0, 0.1) is 23.0 Å². The van der Waals surface area contributed by atoms with E-state index in [-0.39, 0.29) is 5.41 Å². The standard InChI is InChI=1S/C13H17F2N/c1-9(2)13(7-16-8-13)6-10-3-4-11(14)5-12(10)15/h3-5,9,16H,6-8H2,1-2H3. The number of halogens is 2. The lowest BCUT2D eigenvalue weighted by Crippen LogP contribution is -2.57. The molecule has 2 rings (SSSR count). The molecule has 16 heavy (non-hydrogen) atoms. The van der Waals surface area contributed by atoms with E-state index in [0.717, 1.165) is 19.2 Å². The zero-order chi connectivity index (χ0) is 11.8. The molecule has 1 aliphatic heterocycles. The average molecular weight is 225 g/mol. The summed E-state index contributed by atoms with van der Waals surface area (Å²) in [6, 6.07) is 3.86. The molecule has 0 bridgehead atoms. The summed E-state index contributed by atoms with van der Waals surface area (Å²) in [6.45, 7) is 6.15. The first-order valence-corrected chi connectivity index (χ1v) is 5.68. The molecular weight excluding hydrogens is 208 g/mol. The van der Waals surface area contributed by atoms with Gasteiger partial charge in [0.1, 0.15) is 11.6 Å². The summed E-state index contributed by atoms with van der Waals surface area (Å²) in [5, 5.41) is 3.24. The van der Waals surface area contributed by atoms with Crippen molar-refractivity contribution in [2.45, 2.75) is 20.3 Å². The summed E-state index contributed by atoms with van der Waals surface area (Å²) in [4.78, 5) is 0. The van der Waals surface area contributed by atoms with Crippen LogP contribution in [-0.4, -0.2) is 13.1 Å². The molecular formula is C13H17F2N. The SMILES string of the molecule is CC(C)C1(Cc2ccc(F)cc2F)CNC1. The van der Waals surface area contributed by atoms with Crippen molar-refractivity contribution >= 4 is 0 Å². The lowest BCUT2D eigenvalue weighted by Gasteiger charge is -2.46. The van der Waals surface area contributed by atoms with Crippen LogP contribution >= 0.6 is 0 Å². The van der Waals surface area contributed by atoms with Crippen LogP contribution in [0.15, 0.2) is 18.2 Å². The second-order valence-corrected chi connectivity index (χ2v) is 5.03. The van der Waals surface area contributed by atoms with Gasteiger partial charge in [-0.2, -0.15) is 0 Å². The average Bonchev–Trinajstić information content (AvgIpc) is 2.13. The van der Waals surface area contributed by atoms with Crippen molar-refractivity contribution in [2.75, 3.05) is 13.1 Å². The summed E-state index contributed by atoms with van der Waals surface area (Å²) in [5.74, 6) is -0.434. The monoisotopic (exact) mass is 225 g/mol. The minimum absolute atomic E-state index is 0.138. The van der Waals surface area contributed by atoms with Crippen LogP contribution in [-0.2, 0) is 6.42 Å². The largest absolute Gasteiger partial charge is 0.315 e. The maximum absolute atomic E-state index is 13.5. The summed E-state index contributed by atoms with van der Waals surface area (Å²) >= 11 is 0. The highest BCUT2D eigenvalue weighted by Crippen LogP contribution is 2.36. The number of nitrogens with one attached hydrogen (secondary N) is 1. The molecule has 1 saturated heterocycles. The molecule has 0 saturated carbocycles. The number of benzene rings is 1. The molecule has 1 aliphatic rings. The van der Waals surface area contributed by atoms with Crippen molar-refractivity contribution < 1.29 is 8.78 Å². The van der Waals surface area contributed by atoms with Gasteiger partial charge in [-0.05, 0) is 24.0 Å². The molecule has 1 aromatic rings. The first-order valence-electron chi connectivity index (χ1n) is 5.68. The Bertz CT molecular complexity index is 384. The van der Waals surface area contributed by atoms with E-state index >= 15 is 0 Å². The molecule has 88 valence electrons. The van der Waals surface area contributed by atoms with Gasteiger partial charge in [0.25, 0.3) is 0 Å². The van der Waals surface area contributed by atoms with Crippen LogP contribution < -0.4 is 5.32 Å². The fourth-order valence-electron chi connectivity index (χ4n) is 2.23. The van der Waals surface area contributed by atoms with Gasteiger partial charge in [0, 0.05) is 24.6 Å². The van der Waals surface area contributed by atoms with Crippen LogP contribution in [0.2, 0.25) is 0 Å². The van der Waals surface area contributed by atoms with Crippen LogP contribution in [0.1, 0.15) is 19.4 Å². The van der Waals surface area contributed by atoms with Gasteiger partial charge in [-0.25, -0.2) is 8.78 Å². The minimum Gasteiger partial charge on any atom is -0.315 e. The molecule has 0 radical (unpaired) electrons. The second kappa shape index (κ2) is 4.13. The number of rotatable bonds is 3. The van der Waals surface area contributed by atoms with Gasteiger partial charge in [0.05, 0.1) is 0 Å². The van der Waals surface area contributed by atoms with Crippen molar-refractivity contribution in [1.29, 1.82) is 0 Å². The molecule has 0 unspecified atom stereocenters. The lowest BCUT2D eigenvalue weighted by atomic mass is 9.68. The third-order valence-electron chi connectivity index (χ3n) is 3.74. The van der Waals surface area contributed by atoms with E-state index in [0.29, 0.717) is 17.9 Å². The number of hydrogen-bond donors (Lipinski definition) is 1. The van der Waals surface area contributed by atoms with E-state index in [1.165, 1.54) is 6.07 Å². The van der Waals surface area contributed by atoms with Crippen LogP contribution in [0.5, 0.6) is 0 Å². The quantitative estimate of drug-likeness (QED) is 0.834. The van der Waals surface area contributed by atoms with Gasteiger partial charge >= 0.3 is 0 Å². The maximum Gasteiger partial charge on any atom is 0.129 e. The fourth-order valence-corrected chi connectivity index (χ4v) is 2.23. The maximum atomic E-state index is 13.5. The Hall–Kier alpha value is -0.960. The molecule has 0 spiro atoms. The third-order valence-corrected chi connectivity index (χ3v) is 3.74. The summed E-state index contributed by atoms with van der Waals surface area (Å²) < 4.78 is 26.3. The van der Waals surface area contributed by atoms with Gasteiger partial charge in [0.15, 0.2) is 0 Å². The van der Waals surface area contributed by atoms with Crippen LogP contribution in [0.3, 0.4) is 0 Å². The zero-order valence-electron chi connectivity index (χ0n) is 9.69. The summed E-state index contributed by atoms with van der Waals surface area (Å²) in [5.41, 5.74) is 0.759. The lowest BCUT2D eigenvalue weighted by molar-refractivity contribution is 0.0982. The van der Waals surface area contributed by atoms with Gasteiger partial charge in [-0.3, -0.25) is 0 Å². The van der Waals surface area contributed by atoms with Crippen molar-refractivity contribution in [3.8, 4) is 0 Å². The molecule has 1 heterocycles. The molecule has 0 atom stereocenters. The molecule has 1 nitrogen and oxygen atoms in total. The highest BCUT2D eigenvalue weighted by atomic mass is 19.1. The molecule has 0 amide bonds. The Balaban J connectivity index is 2.20. The van der Waals surface area contributed by atoms with Gasteiger partial charge in [-0.15, -0.1) is 0 Å². The minimum atomic E-state index is -0.508. The Kier molecular flexibility index (Phi) is 2.98. The smallest absolute Gasteiger partial charge is 0.129 e. The van der Waals surface area contributed by atoms with Gasteiger partial charge < -0.3 is 5.32 Å². The predicted molar refractivity (Wildman–Crippen MR) is 60.2 cm³/mol. The van der Waals surface area contributed by atoms with Gasteiger partial charge in [-0.1, -0.05) is 19.9 Å². The van der Waals surface area contributed by atoms with E-state index in [2.05, 4.69) is 19.2 Å². The summed E-state index contributed by atoms with van der Waals surface area (Å²) in [6.07, 6.45) is 0.684. The van der Waals surface area contributed by atoms with Gasteiger partial charge in [0.2, 0.25) is 0 Å². The fraction of sp³-hybridized carbons (Fsp3) is 0.538. The normalized spacial score (nSPS) is 18.6. The molecule has 1 aromatic carbocycles. The molecule has 1 fully saturated rings. The van der Waals surface area contributed by atoms with Crippen molar-refractivity contribution in [3.05, 3.63) is 35.4 Å². The molecule has 1 N–H and O–H groups in total. The Morgan fingerprint density at radius 2 is 2.00 bits per heavy atom. The van der Waals surface area contributed by atoms with Crippen molar-refractivity contribution in [1.82, 2.24) is 5.32 Å². The molecule has 0 aliphatic carbocycles. The first-order chi connectivity index (χ1) is 7.53. The van der Waals surface area contributed by atoms with Crippen molar-refractivity contribution in [3.63, 3.8) is 0 Å². The highest BCUT2D eigenvalue weighted by Gasteiger charge is 2.40. The van der Waals surface area contributed by atoms with E-state index in [9.17, 15) is 8.78 Å². The second-order valence-electron chi connectivity index (χ2n) is 5.03. The Morgan fingerprint density at radius 1 is 1.31 bits per heavy atom. The molecule has 3 heteroatoms. The third kappa shape index (κ3) is 1.96. The van der Waals surface area contributed by atoms with Crippen LogP contribution in [0.4, 0.5) is 8.78 Å². The molecule has 0 aromatic heterocycles. The van der Waals surface area contributed by atoms with Crippen LogP contribution in [0.25, 0.3) is 0 Å². The predicted octanol–water partition coefficient (Wildman–Crippen LogP) is 2.75. The van der Waals surface area contributed by atoms with E-state index in [4.69, 9.17) is 0 Å². The first kappa shape index (κ1) is 11.5. The Morgan fingerprint density at radius 3 is 2.44 bits per heavy atom. The van der Waals surface area contributed by atoms with E-state index < -0.39 is 11.6 Å². The Labute approximate surface area is 94.9 Å². The van der Waals surface area contributed by atoms with Crippen molar-refractivity contribution in [2.24, 2.45) is 11.3 Å². The number of hydrogen-bond acceptors (Lipinski definition) is 1.